The van der Waals surface area contributed by atoms with E-state index in [1.165, 1.54) is 12.1 Å². The molecular weight excluding hydrogens is 261 g/mol. The van der Waals surface area contributed by atoms with Crippen molar-refractivity contribution >= 4 is 25.9 Å². The number of hydrogen-bond donors (Lipinski definition) is 0. The van der Waals surface area contributed by atoms with E-state index in [0.717, 1.165) is 11.5 Å². The molecule has 0 saturated heterocycles. The molecule has 0 aliphatic heterocycles. The van der Waals surface area contributed by atoms with Crippen LogP contribution in [0.2, 0.25) is 0 Å². The summed E-state index contributed by atoms with van der Waals surface area (Å²) in [5.41, 5.74) is -1.47. The number of benzene rings is 1. The van der Waals surface area contributed by atoms with Gasteiger partial charge in [-0.3, -0.25) is 0 Å². The predicted octanol–water partition coefficient (Wildman–Crippen LogP) is 2.88. The van der Waals surface area contributed by atoms with E-state index in [1.54, 1.807) is 0 Å². The predicted molar refractivity (Wildman–Crippen MR) is 64.0 cm³/mol. The Labute approximate surface area is 91.8 Å². The molecule has 1 unspecified atom stereocenters. The Morgan fingerprint density at radius 1 is 1.29 bits per heavy atom. The van der Waals surface area contributed by atoms with Crippen LogP contribution in [0.1, 0.15) is 0 Å². The maximum atomic E-state index is 12.7. The first kappa shape index (κ1) is 11.7. The summed E-state index contributed by atoms with van der Waals surface area (Å²) in [6.45, 7) is 7.55. The summed E-state index contributed by atoms with van der Waals surface area (Å²) < 4.78 is 12.7. The van der Waals surface area contributed by atoms with Gasteiger partial charge in [0.2, 0.25) is 0 Å². The molecule has 14 heavy (non-hydrogen) atoms. The van der Waals surface area contributed by atoms with Crippen molar-refractivity contribution < 1.29 is 4.39 Å². The molecule has 1 aromatic rings. The van der Waals surface area contributed by atoms with Crippen LogP contribution in [0.4, 0.5) is 4.39 Å². The molecule has 1 rings (SSSR count). The molecule has 0 amide bonds. The minimum atomic E-state index is -1.47. The van der Waals surface area contributed by atoms with E-state index >= 15 is 0 Å². The van der Waals surface area contributed by atoms with Crippen molar-refractivity contribution in [2.24, 2.45) is 0 Å². The van der Waals surface area contributed by atoms with E-state index in [0.29, 0.717) is 0 Å². The second kappa shape index (κ2) is 4.89. The molecule has 0 aliphatic rings. The molecule has 3 heteroatoms. The van der Waals surface area contributed by atoms with E-state index in [-0.39, 0.29) is 5.82 Å². The number of halogens is 1. The Morgan fingerprint density at radius 3 is 2.29 bits per heavy atom. The fraction of sp³-hybridized carbons (Fsp3) is 0.0909. The fourth-order valence-electron chi connectivity index (χ4n) is 1.17. The second-order valence-electron chi connectivity index (χ2n) is 2.93. The Bertz CT molecular complexity index is 381. The van der Waals surface area contributed by atoms with Crippen LogP contribution >= 0.6 is 5.51 Å². The quantitative estimate of drug-likeness (QED) is 0.449. The van der Waals surface area contributed by atoms with Gasteiger partial charge >= 0.3 is 91.6 Å². The molecule has 0 saturated carbocycles. The van der Waals surface area contributed by atoms with E-state index in [9.17, 15) is 4.39 Å². The van der Waals surface area contributed by atoms with Crippen molar-refractivity contribution in [3.05, 3.63) is 55.1 Å². The number of rotatable bonds is 4. The molecular formula is C11H12FPSe. The van der Waals surface area contributed by atoms with Crippen molar-refractivity contribution in [3.63, 3.8) is 0 Å². The van der Waals surface area contributed by atoms with Gasteiger partial charge in [-0.25, -0.2) is 0 Å². The third-order valence-corrected chi connectivity index (χ3v) is 7.73. The van der Waals surface area contributed by atoms with Crippen LogP contribution in [0.25, 0.3) is 0 Å². The third-order valence-electron chi connectivity index (χ3n) is 1.96. The summed E-state index contributed by atoms with van der Waals surface area (Å²) >= 11 is 3.18. The second-order valence-corrected chi connectivity index (χ2v) is 9.86. The topological polar surface area (TPSA) is 0 Å². The zero-order valence-electron chi connectivity index (χ0n) is 7.82. The van der Waals surface area contributed by atoms with Crippen LogP contribution in [0, 0.1) is 5.82 Å². The molecule has 0 heterocycles. The van der Waals surface area contributed by atoms with Crippen molar-refractivity contribution in [2.45, 2.75) is 0 Å². The van der Waals surface area contributed by atoms with Gasteiger partial charge in [0.25, 0.3) is 0 Å². The fourth-order valence-corrected chi connectivity index (χ4v) is 4.21. The molecule has 0 nitrogen and oxygen atoms in total. The van der Waals surface area contributed by atoms with E-state index < -0.39 is 5.51 Å². The molecule has 0 fully saturated rings. The van der Waals surface area contributed by atoms with Gasteiger partial charge in [0, 0.05) is 0 Å². The average Bonchev–Trinajstić information content (AvgIpc) is 2.19. The average molecular weight is 273 g/mol. The van der Waals surface area contributed by atoms with Gasteiger partial charge in [0.05, 0.1) is 0 Å². The zero-order valence-corrected chi connectivity index (χ0v) is 10.4. The molecule has 0 bridgehead atoms. The third kappa shape index (κ3) is 2.54. The molecule has 0 aromatic heterocycles. The molecule has 0 N–H and O–H groups in total. The van der Waals surface area contributed by atoms with Gasteiger partial charge in [0.15, 0.2) is 0 Å². The summed E-state index contributed by atoms with van der Waals surface area (Å²) in [5, 5.41) is 1.12. The first-order chi connectivity index (χ1) is 6.62. The molecule has 0 spiro atoms. The van der Waals surface area contributed by atoms with E-state index in [2.05, 4.69) is 28.3 Å². The Hall–Kier alpha value is -0.421. The number of allylic oxidation sites excluding steroid dienone is 1. The van der Waals surface area contributed by atoms with Gasteiger partial charge in [0.1, 0.15) is 0 Å². The maximum absolute atomic E-state index is 12.7. The van der Waals surface area contributed by atoms with Gasteiger partial charge < -0.3 is 0 Å². The molecule has 1 atom stereocenters. The first-order valence-corrected chi connectivity index (χ1v) is 8.48. The summed E-state index contributed by atoms with van der Waals surface area (Å²) in [7, 11) is 0. The zero-order chi connectivity index (χ0) is 10.6. The molecule has 0 aliphatic carbocycles. The molecule has 74 valence electrons. The number of hydrogen-bond acceptors (Lipinski definition) is 0. The first-order valence-electron chi connectivity index (χ1n) is 4.22. The standard InChI is InChI=1S/C11H12FPSe/c1-3-9-13(14,4-2)11-7-5-10(12)6-8-11/h3-8H,1-2,9H2. The van der Waals surface area contributed by atoms with Gasteiger partial charge in [-0.15, -0.1) is 0 Å². The molecule has 1 aromatic carbocycles. The van der Waals surface area contributed by atoms with Crippen molar-refractivity contribution in [1.82, 2.24) is 0 Å². The van der Waals surface area contributed by atoms with E-state index in [1.807, 2.05) is 24.0 Å². The Kier molecular flexibility index (Phi) is 4.07. The summed E-state index contributed by atoms with van der Waals surface area (Å²) in [4.78, 5) is 0. The van der Waals surface area contributed by atoms with Gasteiger partial charge in [-0.05, 0) is 0 Å². The van der Waals surface area contributed by atoms with Crippen molar-refractivity contribution in [1.29, 1.82) is 0 Å². The van der Waals surface area contributed by atoms with Crippen LogP contribution in [0.15, 0.2) is 49.3 Å². The van der Waals surface area contributed by atoms with Crippen LogP contribution < -0.4 is 5.30 Å². The summed E-state index contributed by atoms with van der Waals surface area (Å²) in [5.74, 6) is 1.73. The van der Waals surface area contributed by atoms with E-state index in [4.69, 9.17) is 0 Å². The Morgan fingerprint density at radius 2 is 1.86 bits per heavy atom. The van der Waals surface area contributed by atoms with Crippen LogP contribution in [0.3, 0.4) is 0 Å². The van der Waals surface area contributed by atoms with Crippen LogP contribution in [-0.2, 0) is 0 Å². The summed E-state index contributed by atoms with van der Waals surface area (Å²) in [6, 6.07) is 6.58. The molecule has 0 radical (unpaired) electrons. The van der Waals surface area contributed by atoms with Crippen LogP contribution in [-0.4, -0.2) is 21.3 Å². The van der Waals surface area contributed by atoms with Crippen LogP contribution in [0.5, 0.6) is 0 Å². The monoisotopic (exact) mass is 274 g/mol. The summed E-state index contributed by atoms with van der Waals surface area (Å²) in [6.07, 6.45) is 2.73. The van der Waals surface area contributed by atoms with Crippen molar-refractivity contribution in [2.75, 3.05) is 6.16 Å². The Balaban J connectivity index is 3.12. The normalized spacial score (nSPS) is 14.4. The van der Waals surface area contributed by atoms with Gasteiger partial charge in [-0.1, -0.05) is 0 Å². The SMILES string of the molecule is C=CCP(=[Se])(C=C)c1ccc(F)cc1. The minimum absolute atomic E-state index is 0.206. The van der Waals surface area contributed by atoms with Gasteiger partial charge in [-0.2, -0.15) is 0 Å². The van der Waals surface area contributed by atoms with Crippen molar-refractivity contribution in [3.8, 4) is 0 Å².